The second kappa shape index (κ2) is 4.53. The van der Waals surface area contributed by atoms with Crippen LogP contribution >= 0.6 is 0 Å². The minimum Gasteiger partial charge on any atom is -0.299 e. The average Bonchev–Trinajstić information content (AvgIpc) is 2.89. The van der Waals surface area contributed by atoms with E-state index >= 15 is 0 Å². The van der Waals surface area contributed by atoms with E-state index < -0.39 is 0 Å². The van der Waals surface area contributed by atoms with Crippen molar-refractivity contribution in [2.45, 2.75) is 6.92 Å². The lowest BCUT2D eigenvalue weighted by Crippen LogP contribution is -1.93. The van der Waals surface area contributed by atoms with Crippen molar-refractivity contribution in [3.8, 4) is 17.8 Å². The molecular formula is C16H10N4. The molecule has 1 aromatic heterocycles. The Morgan fingerprint density at radius 3 is 2.30 bits per heavy atom. The minimum atomic E-state index is 0.356. The smallest absolute Gasteiger partial charge is 0.101 e. The largest absolute Gasteiger partial charge is 0.299 e. The van der Waals surface area contributed by atoms with Crippen LogP contribution in [0.5, 0.6) is 0 Å². The molecule has 0 fully saturated rings. The number of benzene rings is 2. The third-order valence-electron chi connectivity index (χ3n) is 3.24. The van der Waals surface area contributed by atoms with Gasteiger partial charge in [-0.1, -0.05) is 17.7 Å². The average molecular weight is 258 g/mol. The van der Waals surface area contributed by atoms with E-state index in [-0.39, 0.29) is 0 Å². The summed E-state index contributed by atoms with van der Waals surface area (Å²) in [7, 11) is 0. The summed E-state index contributed by atoms with van der Waals surface area (Å²) in [5.74, 6) is 0. The van der Waals surface area contributed by atoms with Gasteiger partial charge in [0.25, 0.3) is 0 Å². The summed E-state index contributed by atoms with van der Waals surface area (Å²) in [6.45, 7) is 2.03. The Bertz CT molecular complexity index is 874. The summed E-state index contributed by atoms with van der Waals surface area (Å²) in [6.07, 6.45) is 1.71. The summed E-state index contributed by atoms with van der Waals surface area (Å²) in [4.78, 5) is 4.30. The Morgan fingerprint density at radius 1 is 1.00 bits per heavy atom. The highest BCUT2D eigenvalue weighted by Crippen LogP contribution is 2.22. The first-order chi connectivity index (χ1) is 9.72. The minimum absolute atomic E-state index is 0.356. The Kier molecular flexibility index (Phi) is 2.71. The van der Waals surface area contributed by atoms with Crippen molar-refractivity contribution in [3.63, 3.8) is 0 Å². The molecule has 20 heavy (non-hydrogen) atoms. The van der Waals surface area contributed by atoms with Crippen LogP contribution < -0.4 is 0 Å². The highest BCUT2D eigenvalue weighted by molar-refractivity contribution is 5.81. The van der Waals surface area contributed by atoms with Crippen molar-refractivity contribution in [2.24, 2.45) is 0 Å². The fraction of sp³-hybridized carbons (Fsp3) is 0.0625. The maximum atomic E-state index is 9.11. The van der Waals surface area contributed by atoms with Crippen LogP contribution in [-0.2, 0) is 0 Å². The van der Waals surface area contributed by atoms with Gasteiger partial charge >= 0.3 is 0 Å². The molecule has 1 heterocycles. The number of hydrogen-bond donors (Lipinski definition) is 0. The van der Waals surface area contributed by atoms with Crippen molar-refractivity contribution in [1.82, 2.24) is 9.55 Å². The first kappa shape index (κ1) is 12.0. The monoisotopic (exact) mass is 258 g/mol. The Hall–Kier alpha value is -3.11. The number of nitriles is 2. The molecule has 2 aromatic carbocycles. The molecule has 3 aromatic rings. The van der Waals surface area contributed by atoms with Crippen LogP contribution in [0.1, 0.15) is 16.7 Å². The number of hydrogen-bond acceptors (Lipinski definition) is 3. The lowest BCUT2D eigenvalue weighted by Gasteiger charge is -2.05. The van der Waals surface area contributed by atoms with E-state index in [2.05, 4.69) is 11.1 Å². The quantitative estimate of drug-likeness (QED) is 0.673. The molecule has 94 valence electrons. The standard InChI is InChI=1S/C16H10N4/c1-11-2-4-14(5-3-11)20-10-19-15-6-12(8-17)13(9-18)7-16(15)20/h2-7,10H,1H3. The molecule has 4 heteroatoms. The molecule has 0 saturated heterocycles. The van der Waals surface area contributed by atoms with Crippen LogP contribution in [0.25, 0.3) is 16.7 Å². The maximum Gasteiger partial charge on any atom is 0.101 e. The van der Waals surface area contributed by atoms with Gasteiger partial charge in [0.05, 0.1) is 22.2 Å². The highest BCUT2D eigenvalue weighted by Gasteiger charge is 2.10. The fourth-order valence-electron chi connectivity index (χ4n) is 2.15. The first-order valence-electron chi connectivity index (χ1n) is 6.11. The van der Waals surface area contributed by atoms with Gasteiger partial charge in [-0.05, 0) is 31.2 Å². The van der Waals surface area contributed by atoms with Crippen LogP contribution in [0, 0.1) is 29.6 Å². The molecule has 0 saturated carbocycles. The Balaban J connectivity index is 2.26. The normalized spacial score (nSPS) is 10.2. The van der Waals surface area contributed by atoms with E-state index in [0.717, 1.165) is 11.2 Å². The summed E-state index contributed by atoms with van der Waals surface area (Å²) < 4.78 is 1.91. The molecule has 3 rings (SSSR count). The maximum absolute atomic E-state index is 9.11. The van der Waals surface area contributed by atoms with E-state index in [4.69, 9.17) is 10.5 Å². The van der Waals surface area contributed by atoms with Crippen LogP contribution in [0.4, 0.5) is 0 Å². The molecule has 4 nitrogen and oxygen atoms in total. The van der Waals surface area contributed by atoms with Gasteiger partial charge < -0.3 is 0 Å². The van der Waals surface area contributed by atoms with E-state index in [0.29, 0.717) is 16.6 Å². The Labute approximate surface area is 116 Å². The lowest BCUT2D eigenvalue weighted by molar-refractivity contribution is 1.09. The van der Waals surface area contributed by atoms with Crippen molar-refractivity contribution < 1.29 is 0 Å². The molecule has 0 atom stereocenters. The summed E-state index contributed by atoms with van der Waals surface area (Å²) in [5.41, 5.74) is 4.42. The molecule has 0 radical (unpaired) electrons. The molecular weight excluding hydrogens is 248 g/mol. The topological polar surface area (TPSA) is 65.4 Å². The number of nitrogens with zero attached hydrogens (tertiary/aromatic N) is 4. The van der Waals surface area contributed by atoms with Gasteiger partial charge in [-0.3, -0.25) is 4.57 Å². The SMILES string of the molecule is Cc1ccc(-n2cnc3cc(C#N)c(C#N)cc32)cc1. The molecule has 0 spiro atoms. The lowest BCUT2D eigenvalue weighted by atomic mass is 10.1. The van der Waals surface area contributed by atoms with E-state index in [1.165, 1.54) is 5.56 Å². The van der Waals surface area contributed by atoms with Gasteiger partial charge in [0.15, 0.2) is 0 Å². The highest BCUT2D eigenvalue weighted by atomic mass is 15.0. The van der Waals surface area contributed by atoms with Crippen molar-refractivity contribution in [1.29, 1.82) is 10.5 Å². The molecule has 0 aliphatic carbocycles. The van der Waals surface area contributed by atoms with Gasteiger partial charge in [-0.15, -0.1) is 0 Å². The van der Waals surface area contributed by atoms with Crippen molar-refractivity contribution >= 4 is 11.0 Å². The summed E-state index contributed by atoms with van der Waals surface area (Å²) in [5, 5.41) is 18.1. The second-order valence-electron chi connectivity index (χ2n) is 4.56. The predicted molar refractivity (Wildman–Crippen MR) is 75.2 cm³/mol. The zero-order valence-electron chi connectivity index (χ0n) is 10.8. The van der Waals surface area contributed by atoms with Crippen LogP contribution in [0.2, 0.25) is 0 Å². The number of rotatable bonds is 1. The zero-order chi connectivity index (χ0) is 14.1. The van der Waals surface area contributed by atoms with E-state index in [9.17, 15) is 0 Å². The van der Waals surface area contributed by atoms with Gasteiger partial charge in [-0.25, -0.2) is 4.98 Å². The first-order valence-corrected chi connectivity index (χ1v) is 6.11. The number of aromatic nitrogens is 2. The molecule has 0 amide bonds. The summed E-state index contributed by atoms with van der Waals surface area (Å²) >= 11 is 0. The predicted octanol–water partition coefficient (Wildman–Crippen LogP) is 3.08. The second-order valence-corrected chi connectivity index (χ2v) is 4.56. The van der Waals surface area contributed by atoms with Crippen LogP contribution in [0.15, 0.2) is 42.7 Å². The van der Waals surface area contributed by atoms with Crippen molar-refractivity contribution in [2.75, 3.05) is 0 Å². The van der Waals surface area contributed by atoms with E-state index in [1.807, 2.05) is 41.8 Å². The zero-order valence-corrected chi connectivity index (χ0v) is 10.8. The number of imidazole rings is 1. The Morgan fingerprint density at radius 2 is 1.65 bits per heavy atom. The molecule has 0 unspecified atom stereocenters. The summed E-state index contributed by atoms with van der Waals surface area (Å²) in [6, 6.07) is 15.5. The third-order valence-corrected chi connectivity index (χ3v) is 3.24. The number of fused-ring (bicyclic) bond motifs is 1. The van der Waals surface area contributed by atoms with Crippen molar-refractivity contribution in [3.05, 3.63) is 59.4 Å². The molecule has 0 aliphatic heterocycles. The number of aryl methyl sites for hydroxylation is 1. The van der Waals surface area contributed by atoms with Crippen LogP contribution in [-0.4, -0.2) is 9.55 Å². The van der Waals surface area contributed by atoms with Crippen LogP contribution in [0.3, 0.4) is 0 Å². The molecule has 0 bridgehead atoms. The van der Waals surface area contributed by atoms with Gasteiger partial charge in [0.2, 0.25) is 0 Å². The van der Waals surface area contributed by atoms with Gasteiger partial charge in [0.1, 0.15) is 18.5 Å². The fourth-order valence-corrected chi connectivity index (χ4v) is 2.15. The van der Waals surface area contributed by atoms with Gasteiger partial charge in [-0.2, -0.15) is 10.5 Å². The van der Waals surface area contributed by atoms with Gasteiger partial charge in [0, 0.05) is 5.69 Å². The third kappa shape index (κ3) is 1.81. The molecule has 0 aliphatic rings. The molecule has 0 N–H and O–H groups in total. The van der Waals surface area contributed by atoms with E-state index in [1.54, 1.807) is 18.5 Å².